The Hall–Kier alpha value is -2.51. The second-order valence-electron chi connectivity index (χ2n) is 5.03. The number of amides is 1. The number of rotatable bonds is 4. The van der Waals surface area contributed by atoms with E-state index in [0.717, 1.165) is 17.8 Å². The molecule has 124 valence electrons. The predicted molar refractivity (Wildman–Crippen MR) is 78.3 cm³/mol. The SMILES string of the molecule is Cc1nn(C)c(C)c1NC(=O)COc1ccc(C(F)(F)F)cc1. The molecular weight excluding hydrogens is 311 g/mol. The van der Waals surface area contributed by atoms with E-state index in [1.54, 1.807) is 18.7 Å². The van der Waals surface area contributed by atoms with Gasteiger partial charge in [-0.3, -0.25) is 9.48 Å². The summed E-state index contributed by atoms with van der Waals surface area (Å²) in [6.45, 7) is 3.27. The maximum absolute atomic E-state index is 12.4. The monoisotopic (exact) mass is 327 g/mol. The zero-order chi connectivity index (χ0) is 17.2. The van der Waals surface area contributed by atoms with E-state index in [9.17, 15) is 18.0 Å². The summed E-state index contributed by atoms with van der Waals surface area (Å²) in [6, 6.07) is 4.17. The van der Waals surface area contributed by atoms with E-state index < -0.39 is 17.6 Å². The highest BCUT2D eigenvalue weighted by atomic mass is 19.4. The van der Waals surface area contributed by atoms with Gasteiger partial charge in [0, 0.05) is 7.05 Å². The number of benzene rings is 1. The number of hydrogen-bond donors (Lipinski definition) is 1. The topological polar surface area (TPSA) is 56.2 Å². The molecule has 0 radical (unpaired) electrons. The fourth-order valence-corrected chi connectivity index (χ4v) is 2.02. The Morgan fingerprint density at radius 2 is 1.87 bits per heavy atom. The van der Waals surface area contributed by atoms with Crippen LogP contribution in [-0.2, 0) is 18.0 Å². The van der Waals surface area contributed by atoms with Gasteiger partial charge >= 0.3 is 6.18 Å². The number of ether oxygens (including phenoxy) is 1. The molecule has 1 aromatic heterocycles. The lowest BCUT2D eigenvalue weighted by molar-refractivity contribution is -0.137. The maximum atomic E-state index is 12.4. The van der Waals surface area contributed by atoms with Crippen LogP contribution in [-0.4, -0.2) is 22.3 Å². The number of aryl methyl sites for hydroxylation is 2. The Balaban J connectivity index is 1.94. The Bertz CT molecular complexity index is 706. The van der Waals surface area contributed by atoms with Crippen molar-refractivity contribution in [3.63, 3.8) is 0 Å². The molecule has 2 rings (SSSR count). The highest BCUT2D eigenvalue weighted by Crippen LogP contribution is 2.30. The molecule has 0 aliphatic rings. The zero-order valence-corrected chi connectivity index (χ0v) is 12.9. The molecule has 0 bridgehead atoms. The van der Waals surface area contributed by atoms with Crippen LogP contribution < -0.4 is 10.1 Å². The number of anilines is 1. The Labute approximate surface area is 131 Å². The summed E-state index contributed by atoms with van der Waals surface area (Å²) in [5.74, 6) is -0.225. The van der Waals surface area contributed by atoms with Crippen LogP contribution in [0.3, 0.4) is 0 Å². The average Bonchev–Trinajstić information content (AvgIpc) is 2.71. The molecule has 0 fully saturated rings. The van der Waals surface area contributed by atoms with Crippen molar-refractivity contribution >= 4 is 11.6 Å². The van der Waals surface area contributed by atoms with Crippen LogP contribution in [0.2, 0.25) is 0 Å². The first-order chi connectivity index (χ1) is 10.7. The van der Waals surface area contributed by atoms with Crippen molar-refractivity contribution < 1.29 is 22.7 Å². The number of carbonyl (C=O) groups excluding carboxylic acids is 1. The molecule has 1 aromatic carbocycles. The van der Waals surface area contributed by atoms with Gasteiger partial charge in [0.2, 0.25) is 0 Å². The van der Waals surface area contributed by atoms with Crippen molar-refractivity contribution in [3.05, 3.63) is 41.2 Å². The molecule has 0 aliphatic heterocycles. The molecule has 1 amide bonds. The minimum absolute atomic E-state index is 0.188. The molecule has 8 heteroatoms. The lowest BCUT2D eigenvalue weighted by Gasteiger charge is -2.10. The molecule has 2 aromatic rings. The molecule has 1 heterocycles. The van der Waals surface area contributed by atoms with Gasteiger partial charge < -0.3 is 10.1 Å². The molecule has 0 aliphatic carbocycles. The minimum atomic E-state index is -4.40. The van der Waals surface area contributed by atoms with Crippen molar-refractivity contribution in [3.8, 4) is 5.75 Å². The van der Waals surface area contributed by atoms with Gasteiger partial charge in [0.05, 0.1) is 22.6 Å². The predicted octanol–water partition coefficient (Wildman–Crippen LogP) is 3.07. The molecule has 0 spiro atoms. The standard InChI is InChI=1S/C15H16F3N3O2/c1-9-14(10(2)21(3)20-9)19-13(22)8-23-12-6-4-11(5-7-12)15(16,17)18/h4-7H,8H2,1-3H3,(H,19,22). The summed E-state index contributed by atoms with van der Waals surface area (Å²) < 4.78 is 44.2. The van der Waals surface area contributed by atoms with Crippen molar-refractivity contribution in [2.24, 2.45) is 7.05 Å². The van der Waals surface area contributed by atoms with Crippen molar-refractivity contribution in [2.45, 2.75) is 20.0 Å². The third-order valence-electron chi connectivity index (χ3n) is 3.33. The Morgan fingerprint density at radius 1 is 1.26 bits per heavy atom. The highest BCUT2D eigenvalue weighted by Gasteiger charge is 2.30. The molecule has 0 saturated carbocycles. The molecule has 0 unspecified atom stereocenters. The quantitative estimate of drug-likeness (QED) is 0.939. The first-order valence-electron chi connectivity index (χ1n) is 6.78. The van der Waals surface area contributed by atoms with Crippen molar-refractivity contribution in [1.82, 2.24) is 9.78 Å². The van der Waals surface area contributed by atoms with Gasteiger partial charge in [0.15, 0.2) is 6.61 Å². The molecule has 0 saturated heterocycles. The summed E-state index contributed by atoms with van der Waals surface area (Å²) in [4.78, 5) is 11.9. The van der Waals surface area contributed by atoms with Crippen LogP contribution in [0.1, 0.15) is 17.0 Å². The van der Waals surface area contributed by atoms with Gasteiger partial charge in [-0.25, -0.2) is 0 Å². The van der Waals surface area contributed by atoms with Gasteiger partial charge in [-0.05, 0) is 38.1 Å². The smallest absolute Gasteiger partial charge is 0.416 e. The van der Waals surface area contributed by atoms with E-state index >= 15 is 0 Å². The van der Waals surface area contributed by atoms with E-state index in [-0.39, 0.29) is 12.4 Å². The van der Waals surface area contributed by atoms with Crippen LogP contribution in [0.25, 0.3) is 0 Å². The minimum Gasteiger partial charge on any atom is -0.484 e. The summed E-state index contributed by atoms with van der Waals surface area (Å²) in [5, 5.41) is 6.85. The van der Waals surface area contributed by atoms with Crippen LogP contribution in [0.5, 0.6) is 5.75 Å². The van der Waals surface area contributed by atoms with E-state index in [1.807, 2.05) is 6.92 Å². The molecule has 23 heavy (non-hydrogen) atoms. The normalized spacial score (nSPS) is 11.4. The largest absolute Gasteiger partial charge is 0.484 e. The van der Waals surface area contributed by atoms with Crippen molar-refractivity contribution in [1.29, 1.82) is 0 Å². The van der Waals surface area contributed by atoms with Crippen LogP contribution in [0.4, 0.5) is 18.9 Å². The Kier molecular flexibility index (Phi) is 4.63. The average molecular weight is 327 g/mol. The zero-order valence-electron chi connectivity index (χ0n) is 12.9. The number of hydrogen-bond acceptors (Lipinski definition) is 3. The third-order valence-corrected chi connectivity index (χ3v) is 3.33. The number of halogens is 3. The molecular formula is C15H16F3N3O2. The summed E-state index contributed by atoms with van der Waals surface area (Å²) in [6.07, 6.45) is -4.40. The second kappa shape index (κ2) is 6.31. The maximum Gasteiger partial charge on any atom is 0.416 e. The fraction of sp³-hybridized carbons (Fsp3) is 0.333. The van der Waals surface area contributed by atoms with Gasteiger partial charge in [-0.1, -0.05) is 0 Å². The van der Waals surface area contributed by atoms with Crippen LogP contribution in [0.15, 0.2) is 24.3 Å². The van der Waals surface area contributed by atoms with Crippen LogP contribution >= 0.6 is 0 Å². The number of alkyl halides is 3. The summed E-state index contributed by atoms with van der Waals surface area (Å²) in [5.41, 5.74) is 1.31. The molecule has 1 N–H and O–H groups in total. The van der Waals surface area contributed by atoms with Gasteiger partial charge in [0.25, 0.3) is 5.91 Å². The number of nitrogens with zero attached hydrogens (tertiary/aromatic N) is 2. The Morgan fingerprint density at radius 3 is 2.35 bits per heavy atom. The second-order valence-corrected chi connectivity index (χ2v) is 5.03. The molecule has 5 nitrogen and oxygen atoms in total. The summed E-state index contributed by atoms with van der Waals surface area (Å²) in [7, 11) is 1.76. The highest BCUT2D eigenvalue weighted by molar-refractivity contribution is 5.93. The first kappa shape index (κ1) is 16.9. The third kappa shape index (κ3) is 4.02. The number of nitrogens with one attached hydrogen (secondary N) is 1. The van der Waals surface area contributed by atoms with Gasteiger partial charge in [-0.15, -0.1) is 0 Å². The van der Waals surface area contributed by atoms with E-state index in [1.165, 1.54) is 12.1 Å². The fourth-order valence-electron chi connectivity index (χ4n) is 2.02. The number of aromatic nitrogens is 2. The van der Waals surface area contributed by atoms with E-state index in [4.69, 9.17) is 4.74 Å². The number of carbonyl (C=O) groups is 1. The summed E-state index contributed by atoms with van der Waals surface area (Å²) >= 11 is 0. The van der Waals surface area contributed by atoms with Gasteiger partial charge in [-0.2, -0.15) is 18.3 Å². The van der Waals surface area contributed by atoms with Gasteiger partial charge in [0.1, 0.15) is 5.75 Å². The van der Waals surface area contributed by atoms with E-state index in [0.29, 0.717) is 11.4 Å². The van der Waals surface area contributed by atoms with E-state index in [2.05, 4.69) is 10.4 Å². The lowest BCUT2D eigenvalue weighted by Crippen LogP contribution is -2.21. The first-order valence-corrected chi connectivity index (χ1v) is 6.78. The van der Waals surface area contributed by atoms with Crippen LogP contribution in [0, 0.1) is 13.8 Å². The lowest BCUT2D eigenvalue weighted by atomic mass is 10.2. The molecule has 0 atom stereocenters. The van der Waals surface area contributed by atoms with Crippen molar-refractivity contribution in [2.75, 3.05) is 11.9 Å².